The lowest BCUT2D eigenvalue weighted by molar-refractivity contribution is 0.102. The Balaban J connectivity index is 1.88. The Morgan fingerprint density at radius 3 is 2.52 bits per heavy atom. The molecule has 0 atom stereocenters. The molecule has 0 bridgehead atoms. The molecule has 132 valence electrons. The second-order valence-corrected chi connectivity index (χ2v) is 9.28. The Morgan fingerprint density at radius 2 is 1.84 bits per heavy atom. The van der Waals surface area contributed by atoms with Crippen molar-refractivity contribution in [1.82, 2.24) is 4.31 Å². The quantitative estimate of drug-likeness (QED) is 0.659. The molecule has 0 aliphatic carbocycles. The minimum absolute atomic E-state index is 0.0245. The van der Waals surface area contributed by atoms with Crippen molar-refractivity contribution in [3.63, 3.8) is 0 Å². The lowest BCUT2D eigenvalue weighted by atomic mass is 10.2. The molecule has 3 rings (SSSR count). The predicted molar refractivity (Wildman–Crippen MR) is 107 cm³/mol. The Hall–Kier alpha value is -1.16. The molecule has 1 aliphatic heterocycles. The van der Waals surface area contributed by atoms with Gasteiger partial charge in [-0.2, -0.15) is 4.31 Å². The molecule has 0 radical (unpaired) electrons. The maximum Gasteiger partial charge on any atom is 0.255 e. The highest BCUT2D eigenvalue weighted by Gasteiger charge is 2.29. The Morgan fingerprint density at radius 1 is 1.12 bits per heavy atom. The monoisotopic (exact) mass is 490 g/mol. The highest BCUT2D eigenvalue weighted by molar-refractivity contribution is 14.1. The SMILES string of the molecule is O=C(Nc1ccc(Cl)c(S(=O)(=O)N2CCCC2)c1)c1cccc(I)c1. The molecule has 0 aromatic heterocycles. The van der Waals surface area contributed by atoms with Crippen LogP contribution in [0.15, 0.2) is 47.4 Å². The van der Waals surface area contributed by atoms with Gasteiger partial charge < -0.3 is 5.32 Å². The molecule has 1 fully saturated rings. The number of sulfonamides is 1. The van der Waals surface area contributed by atoms with Gasteiger partial charge in [-0.3, -0.25) is 4.79 Å². The molecule has 1 N–H and O–H groups in total. The number of nitrogens with one attached hydrogen (secondary N) is 1. The molecular formula is C17H16ClIN2O3S. The van der Waals surface area contributed by atoms with E-state index in [0.29, 0.717) is 24.3 Å². The number of hydrogen-bond acceptors (Lipinski definition) is 3. The maximum absolute atomic E-state index is 12.7. The van der Waals surface area contributed by atoms with Gasteiger partial charge in [0.15, 0.2) is 0 Å². The first-order chi connectivity index (χ1) is 11.9. The summed E-state index contributed by atoms with van der Waals surface area (Å²) in [5.41, 5.74) is 0.900. The number of benzene rings is 2. The molecule has 0 unspecified atom stereocenters. The fourth-order valence-electron chi connectivity index (χ4n) is 2.68. The first-order valence-corrected chi connectivity index (χ1v) is 10.6. The summed E-state index contributed by atoms with van der Waals surface area (Å²) in [6.45, 7) is 0.995. The van der Waals surface area contributed by atoms with Crippen molar-refractivity contribution in [2.45, 2.75) is 17.7 Å². The molecule has 0 spiro atoms. The smallest absolute Gasteiger partial charge is 0.255 e. The number of hydrogen-bond donors (Lipinski definition) is 1. The summed E-state index contributed by atoms with van der Waals surface area (Å²) in [6, 6.07) is 11.7. The van der Waals surface area contributed by atoms with E-state index < -0.39 is 10.0 Å². The van der Waals surface area contributed by atoms with E-state index in [1.54, 1.807) is 24.3 Å². The van der Waals surface area contributed by atoms with Crippen molar-refractivity contribution < 1.29 is 13.2 Å². The fourth-order valence-corrected chi connectivity index (χ4v) is 5.24. The van der Waals surface area contributed by atoms with Crippen LogP contribution < -0.4 is 5.32 Å². The van der Waals surface area contributed by atoms with Gasteiger partial charge in [0, 0.05) is 27.9 Å². The third kappa shape index (κ3) is 4.16. The van der Waals surface area contributed by atoms with Crippen LogP contribution in [-0.2, 0) is 10.0 Å². The van der Waals surface area contributed by atoms with Gasteiger partial charge in [-0.25, -0.2) is 8.42 Å². The van der Waals surface area contributed by atoms with E-state index in [4.69, 9.17) is 11.6 Å². The van der Waals surface area contributed by atoms with E-state index in [9.17, 15) is 13.2 Å². The van der Waals surface area contributed by atoms with Crippen molar-refractivity contribution >= 4 is 55.8 Å². The first kappa shape index (κ1) is 18.6. The summed E-state index contributed by atoms with van der Waals surface area (Å²) < 4.78 is 27.8. The third-order valence-electron chi connectivity index (χ3n) is 3.96. The second-order valence-electron chi connectivity index (χ2n) is 5.72. The van der Waals surface area contributed by atoms with E-state index in [2.05, 4.69) is 27.9 Å². The number of halogens is 2. The summed E-state index contributed by atoms with van der Waals surface area (Å²) in [6.07, 6.45) is 1.69. The minimum Gasteiger partial charge on any atom is -0.322 e. The molecule has 0 saturated carbocycles. The number of carbonyl (C=O) groups is 1. The van der Waals surface area contributed by atoms with Crippen molar-refractivity contribution in [2.24, 2.45) is 0 Å². The molecule has 1 amide bonds. The summed E-state index contributed by atoms with van der Waals surface area (Å²) in [7, 11) is -3.65. The Bertz CT molecular complexity index is 912. The van der Waals surface area contributed by atoms with Gasteiger partial charge >= 0.3 is 0 Å². The van der Waals surface area contributed by atoms with Gasteiger partial charge in [-0.05, 0) is 71.8 Å². The lowest BCUT2D eigenvalue weighted by Gasteiger charge is -2.17. The highest BCUT2D eigenvalue weighted by Crippen LogP contribution is 2.29. The summed E-state index contributed by atoms with van der Waals surface area (Å²) in [5.74, 6) is -0.301. The number of nitrogens with zero attached hydrogens (tertiary/aromatic N) is 1. The molecule has 1 saturated heterocycles. The van der Waals surface area contributed by atoms with E-state index in [1.807, 2.05) is 6.07 Å². The van der Waals surface area contributed by atoms with Crippen LogP contribution in [0.2, 0.25) is 5.02 Å². The topological polar surface area (TPSA) is 66.5 Å². The second kappa shape index (κ2) is 7.61. The van der Waals surface area contributed by atoms with Crippen LogP contribution >= 0.6 is 34.2 Å². The average molecular weight is 491 g/mol. The number of amides is 1. The van der Waals surface area contributed by atoms with E-state index in [1.165, 1.54) is 16.4 Å². The molecule has 2 aromatic carbocycles. The van der Waals surface area contributed by atoms with Gasteiger partial charge in [0.1, 0.15) is 4.90 Å². The van der Waals surface area contributed by atoms with E-state index in [0.717, 1.165) is 16.4 Å². The van der Waals surface area contributed by atoms with Crippen LogP contribution in [-0.4, -0.2) is 31.7 Å². The first-order valence-electron chi connectivity index (χ1n) is 7.74. The number of rotatable bonds is 4. The maximum atomic E-state index is 12.7. The van der Waals surface area contributed by atoms with Crippen LogP contribution in [0.25, 0.3) is 0 Å². The Labute approximate surface area is 165 Å². The summed E-state index contributed by atoms with van der Waals surface area (Å²) in [4.78, 5) is 12.4. The number of carbonyl (C=O) groups excluding carboxylic acids is 1. The summed E-state index contributed by atoms with van der Waals surface area (Å²) >= 11 is 8.24. The van der Waals surface area contributed by atoms with Crippen LogP contribution in [0.5, 0.6) is 0 Å². The van der Waals surface area contributed by atoms with Gasteiger partial charge in [0.25, 0.3) is 5.91 Å². The molecule has 2 aromatic rings. The average Bonchev–Trinajstić information content (AvgIpc) is 3.12. The van der Waals surface area contributed by atoms with Crippen molar-refractivity contribution in [1.29, 1.82) is 0 Å². The van der Waals surface area contributed by atoms with Gasteiger partial charge in [-0.15, -0.1) is 0 Å². The van der Waals surface area contributed by atoms with Crippen molar-refractivity contribution in [3.8, 4) is 0 Å². The van der Waals surface area contributed by atoms with Crippen LogP contribution in [0.1, 0.15) is 23.2 Å². The van der Waals surface area contributed by atoms with Crippen LogP contribution in [0.4, 0.5) is 5.69 Å². The third-order valence-corrected chi connectivity index (χ3v) is 7.01. The normalized spacial score (nSPS) is 15.3. The number of anilines is 1. The minimum atomic E-state index is -3.65. The zero-order valence-corrected chi connectivity index (χ0v) is 16.9. The molecule has 1 aliphatic rings. The molecule has 8 heteroatoms. The zero-order chi connectivity index (χ0) is 18.0. The molecule has 5 nitrogen and oxygen atoms in total. The molecular weight excluding hydrogens is 475 g/mol. The van der Waals surface area contributed by atoms with Crippen LogP contribution in [0, 0.1) is 3.57 Å². The largest absolute Gasteiger partial charge is 0.322 e. The fraction of sp³-hybridized carbons (Fsp3) is 0.235. The molecule has 25 heavy (non-hydrogen) atoms. The predicted octanol–water partition coefficient (Wildman–Crippen LogP) is 3.98. The van der Waals surface area contributed by atoms with Gasteiger partial charge in [-0.1, -0.05) is 17.7 Å². The molecule has 1 heterocycles. The van der Waals surface area contributed by atoms with Crippen molar-refractivity contribution in [3.05, 3.63) is 56.6 Å². The Kier molecular flexibility index (Phi) is 5.67. The standard InChI is InChI=1S/C17H16ClIN2O3S/c18-15-7-6-14(20-17(22)12-4-3-5-13(19)10-12)11-16(15)25(23,24)21-8-1-2-9-21/h3-7,10-11H,1-2,8-9H2,(H,20,22). The van der Waals surface area contributed by atoms with Gasteiger partial charge in [0.05, 0.1) is 5.02 Å². The van der Waals surface area contributed by atoms with E-state index >= 15 is 0 Å². The highest BCUT2D eigenvalue weighted by atomic mass is 127. The van der Waals surface area contributed by atoms with Crippen LogP contribution in [0.3, 0.4) is 0 Å². The lowest BCUT2D eigenvalue weighted by Crippen LogP contribution is -2.28. The van der Waals surface area contributed by atoms with Gasteiger partial charge in [0.2, 0.25) is 10.0 Å². The van der Waals surface area contributed by atoms with Crippen molar-refractivity contribution in [2.75, 3.05) is 18.4 Å². The zero-order valence-electron chi connectivity index (χ0n) is 13.2. The van der Waals surface area contributed by atoms with E-state index in [-0.39, 0.29) is 15.8 Å². The summed E-state index contributed by atoms with van der Waals surface area (Å²) in [5, 5.41) is 2.88.